The van der Waals surface area contributed by atoms with Crippen molar-refractivity contribution < 1.29 is 48.5 Å². The number of ether oxygens (including phenoxy) is 1. The minimum Gasteiger partial charge on any atom is -0.481 e. The van der Waals surface area contributed by atoms with Gasteiger partial charge in [-0.15, -0.1) is 56.7 Å². The van der Waals surface area contributed by atoms with Crippen LogP contribution < -0.4 is 31.9 Å². The number of methoxy groups -OCH3 is 1. The van der Waals surface area contributed by atoms with Crippen molar-refractivity contribution in [2.24, 2.45) is 11.8 Å². The number of hydrogen-bond donors (Lipinski definition) is 8. The molecular formula is C51H47N13O10S6. The van der Waals surface area contributed by atoms with Gasteiger partial charge in [-0.1, -0.05) is 41.7 Å². The molecule has 7 aromatic heterocycles. The van der Waals surface area contributed by atoms with E-state index in [1.807, 2.05) is 0 Å². The zero-order chi connectivity index (χ0) is 56.2. The Balaban J connectivity index is 1.02. The van der Waals surface area contributed by atoms with E-state index in [0.29, 0.717) is 95.2 Å². The number of nitrogens with one attached hydrogen (secondary N) is 6. The number of nitrogens with zero attached hydrogens (tertiary/aromatic N) is 7. The number of carboxylic acids is 1. The van der Waals surface area contributed by atoms with Crippen LogP contribution >= 0.6 is 68.0 Å². The first kappa shape index (κ1) is 55.7. The molecule has 80 heavy (non-hydrogen) atoms. The van der Waals surface area contributed by atoms with Gasteiger partial charge in [0, 0.05) is 52.0 Å². The van der Waals surface area contributed by atoms with Gasteiger partial charge in [0.05, 0.1) is 42.1 Å². The van der Waals surface area contributed by atoms with E-state index in [-0.39, 0.29) is 52.1 Å². The summed E-state index contributed by atoms with van der Waals surface area (Å²) in [5, 5.41) is 46.5. The lowest BCUT2D eigenvalue weighted by Gasteiger charge is -2.24. The number of aromatic nitrogens is 7. The van der Waals surface area contributed by atoms with Gasteiger partial charge in [0.15, 0.2) is 5.13 Å². The molecule has 29 heteroatoms. The highest BCUT2D eigenvalue weighted by molar-refractivity contribution is 7.16. The molecule has 1 aliphatic heterocycles. The van der Waals surface area contributed by atoms with E-state index in [1.165, 1.54) is 59.5 Å². The number of aliphatic carboxylic acids is 1. The third-order valence-electron chi connectivity index (χ3n) is 12.9. The summed E-state index contributed by atoms with van der Waals surface area (Å²) in [6.07, 6.45) is 0.222. The molecule has 8 N–H and O–H groups in total. The molecule has 6 amide bonds. The molecule has 2 aliphatic rings. The predicted molar refractivity (Wildman–Crippen MR) is 302 cm³/mol. The summed E-state index contributed by atoms with van der Waals surface area (Å²) in [7, 11) is 2.88. The maximum Gasteiger partial charge on any atom is 0.306 e. The zero-order valence-corrected chi connectivity index (χ0v) is 47.3. The van der Waals surface area contributed by atoms with Crippen molar-refractivity contribution in [1.29, 1.82) is 0 Å². The van der Waals surface area contributed by atoms with Crippen LogP contribution in [0.25, 0.3) is 43.4 Å². The van der Waals surface area contributed by atoms with Gasteiger partial charge in [-0.3, -0.25) is 38.9 Å². The Morgan fingerprint density at radius 3 is 2.19 bits per heavy atom. The van der Waals surface area contributed by atoms with Gasteiger partial charge in [0.2, 0.25) is 17.7 Å². The standard InChI is InChI=1S/C51H47N13O10S6/c1-22-36-44(71)64-51-63-38(32(80-51)17-74-3)43(70)53-16-35(66)61-39(40(67)23-7-5-4-6-8-23)49-58-31(20-77-49)47-56-29(18-76-47)37-26(45-57-30(19-75-45)42(69)55-28(15-34(65)52-2)48(62-36)79-22)13-14-27(54-37)46-60-33(21-78-46)59-41(68)24-9-11-25(12-10-24)50(72)73/h4-8,13-14,18-21,24-25,28,39-40,67H,9-12,15-17H2,1-3H3,(H,52,65)(H,53,70)(H,55,69)(H,59,68)(H,61,66)(H,72,73)(H,63,64,71)/t24-,25+,28-,39-,40-/m0/s1. The maximum atomic E-state index is 14.2. The first-order chi connectivity index (χ1) is 38.6. The highest BCUT2D eigenvalue weighted by atomic mass is 32.1. The summed E-state index contributed by atoms with van der Waals surface area (Å²) in [6, 6.07) is 10.1. The fourth-order valence-electron chi connectivity index (χ4n) is 8.81. The Labute approximate surface area is 478 Å². The molecule has 1 aromatic carbocycles. The summed E-state index contributed by atoms with van der Waals surface area (Å²) >= 11 is 6.94. The van der Waals surface area contributed by atoms with Crippen LogP contribution in [0.3, 0.4) is 0 Å². The quantitative estimate of drug-likeness (QED) is 0.0667. The average molecular weight is 1190 g/mol. The lowest BCUT2D eigenvalue weighted by atomic mass is 9.81. The summed E-state index contributed by atoms with van der Waals surface area (Å²) in [6.45, 7) is 1.07. The van der Waals surface area contributed by atoms with Crippen molar-refractivity contribution in [3.05, 3.63) is 106 Å². The van der Waals surface area contributed by atoms with E-state index in [1.54, 1.807) is 70.9 Å². The Kier molecular flexibility index (Phi) is 17.0. The summed E-state index contributed by atoms with van der Waals surface area (Å²) in [5.74, 6) is -4.71. The zero-order valence-electron chi connectivity index (χ0n) is 42.4. The molecule has 0 radical (unpaired) electrons. The van der Waals surface area contributed by atoms with Crippen LogP contribution in [-0.4, -0.2) is 107 Å². The van der Waals surface area contributed by atoms with Crippen LogP contribution in [0.2, 0.25) is 0 Å². The normalized spacial score (nSPS) is 18.3. The van der Waals surface area contributed by atoms with Crippen LogP contribution in [0.4, 0.5) is 10.9 Å². The maximum absolute atomic E-state index is 14.2. The van der Waals surface area contributed by atoms with Gasteiger partial charge in [-0.25, -0.2) is 34.9 Å². The van der Waals surface area contributed by atoms with Gasteiger partial charge in [-0.2, -0.15) is 0 Å². The Morgan fingerprint density at radius 1 is 0.713 bits per heavy atom. The van der Waals surface area contributed by atoms with Crippen molar-refractivity contribution in [3.8, 4) is 43.4 Å². The summed E-state index contributed by atoms with van der Waals surface area (Å²) in [5.41, 5.74) is 2.52. The Hall–Kier alpha value is -7.64. The van der Waals surface area contributed by atoms with Crippen LogP contribution in [-0.2, 0) is 30.5 Å². The number of benzene rings is 1. The summed E-state index contributed by atoms with van der Waals surface area (Å²) < 4.78 is 5.33. The van der Waals surface area contributed by atoms with Gasteiger partial charge < -0.3 is 41.5 Å². The molecule has 0 saturated heterocycles. The molecule has 10 rings (SSSR count). The van der Waals surface area contributed by atoms with Crippen molar-refractivity contribution in [3.63, 3.8) is 0 Å². The largest absolute Gasteiger partial charge is 0.481 e. The molecule has 8 heterocycles. The van der Waals surface area contributed by atoms with Gasteiger partial charge in [-0.05, 0) is 50.3 Å². The van der Waals surface area contributed by atoms with E-state index in [0.717, 1.165) is 22.7 Å². The summed E-state index contributed by atoms with van der Waals surface area (Å²) in [4.78, 5) is 127. The molecule has 23 nitrogen and oxygen atoms in total. The third-order valence-corrected chi connectivity index (χ3v) is 18.5. The minimum absolute atomic E-state index is 0.0138. The first-order valence-corrected chi connectivity index (χ1v) is 29.8. The van der Waals surface area contributed by atoms with Gasteiger partial charge in [0.1, 0.15) is 77.2 Å². The Morgan fingerprint density at radius 2 is 1.43 bits per heavy atom. The van der Waals surface area contributed by atoms with Gasteiger partial charge in [0.25, 0.3) is 17.7 Å². The lowest BCUT2D eigenvalue weighted by Crippen LogP contribution is -2.40. The molecule has 0 spiro atoms. The number of aliphatic hydroxyl groups excluding tert-OH is 1. The molecule has 10 bridgehead atoms. The number of aryl methyl sites for hydroxylation is 1. The molecule has 1 fully saturated rings. The SMILES string of the molecule is CNC(=O)C[C@@H]1NC(=O)c2csc(n2)-c2ccc(-c3nc(NC(=O)[C@H]4CC[C@@H](C(=O)O)CC4)cs3)nc2-c2csc(n2)-c2csc(n2)[C@H]([C@@H](O)c2ccccc2)NC(=O)CNC(=O)c2nc(sc2COC)NC(=O)c2nc1sc2C. The topological polar surface area (TPSA) is 332 Å². The fraction of sp³-hybridized carbons (Fsp3) is 0.294. The molecule has 1 saturated carbocycles. The number of aliphatic hydroxyl groups is 1. The number of pyridine rings is 1. The second-order valence-electron chi connectivity index (χ2n) is 18.3. The van der Waals surface area contributed by atoms with E-state index < -0.39 is 66.2 Å². The highest BCUT2D eigenvalue weighted by Gasteiger charge is 2.33. The second-order valence-corrected chi connectivity index (χ2v) is 24.1. The van der Waals surface area contributed by atoms with E-state index >= 15 is 0 Å². The number of carbonyl (C=O) groups is 7. The van der Waals surface area contributed by atoms with E-state index in [9.17, 15) is 43.8 Å². The van der Waals surface area contributed by atoms with Crippen molar-refractivity contribution >= 4 is 120 Å². The predicted octanol–water partition coefficient (Wildman–Crippen LogP) is 7.27. The van der Waals surface area contributed by atoms with Crippen molar-refractivity contribution in [1.82, 2.24) is 56.2 Å². The van der Waals surface area contributed by atoms with Crippen LogP contribution in [0.15, 0.2) is 64.0 Å². The number of anilines is 2. The van der Waals surface area contributed by atoms with Crippen LogP contribution in [0, 0.1) is 18.8 Å². The first-order valence-electron chi connectivity index (χ1n) is 24.6. The van der Waals surface area contributed by atoms with Crippen molar-refractivity contribution in [2.75, 3.05) is 31.3 Å². The molecule has 1 aliphatic carbocycles. The number of thiazole rings is 6. The number of amides is 6. The molecule has 8 aromatic rings. The second kappa shape index (κ2) is 24.4. The number of rotatable bonds is 10. The van der Waals surface area contributed by atoms with Crippen LogP contribution in [0.5, 0.6) is 0 Å². The Bertz CT molecular complexity index is 3660. The van der Waals surface area contributed by atoms with E-state index in [4.69, 9.17) is 29.7 Å². The molecule has 3 atom stereocenters. The molecule has 0 unspecified atom stereocenters. The minimum atomic E-state index is -1.28. The monoisotopic (exact) mass is 1190 g/mol. The number of hydrogen-bond acceptors (Lipinski definition) is 22. The number of carbonyl (C=O) groups excluding carboxylic acids is 6. The smallest absolute Gasteiger partial charge is 0.306 e. The third kappa shape index (κ3) is 12.4. The molecule has 412 valence electrons. The van der Waals surface area contributed by atoms with Gasteiger partial charge >= 0.3 is 5.97 Å². The highest BCUT2D eigenvalue weighted by Crippen LogP contribution is 2.40. The van der Waals surface area contributed by atoms with Crippen LogP contribution in [0.1, 0.15) is 107 Å². The fourth-order valence-corrected chi connectivity index (χ4v) is 14.0. The lowest BCUT2D eigenvalue weighted by molar-refractivity contribution is -0.143. The number of fused-ring (bicyclic) bond motifs is 14. The van der Waals surface area contributed by atoms with E-state index in [2.05, 4.69) is 41.9 Å². The van der Waals surface area contributed by atoms with Crippen molar-refractivity contribution in [2.45, 2.75) is 63.8 Å². The molecular weight excluding hydrogens is 1150 g/mol. The number of carboxylic acid groups (broad SMARTS) is 1. The average Bonchev–Trinajstić information content (AvgIpc) is 4.54.